The van der Waals surface area contributed by atoms with Crippen LogP contribution in [0.2, 0.25) is 0 Å². The second-order valence-corrected chi connectivity index (χ2v) is 3.21. The number of hydrazine groups is 1. The smallest absolute Gasteiger partial charge is 0.322 e. The number of guanidine groups is 1. The average molecular weight is 243 g/mol. The Morgan fingerprint density at radius 1 is 1.53 bits per heavy atom. The number of carbonyl (C=O) groups is 2. The van der Waals surface area contributed by atoms with E-state index in [2.05, 4.69) is 22.7 Å². The van der Waals surface area contributed by atoms with Crippen LogP contribution in [0.1, 0.15) is 12.8 Å². The third-order valence-electron chi connectivity index (χ3n) is 1.84. The number of carboxylic acids is 1. The number of nitrogens with one attached hydrogen (secondary N) is 4. The zero-order valence-corrected chi connectivity index (χ0v) is 9.32. The van der Waals surface area contributed by atoms with Crippen LogP contribution >= 0.6 is 0 Å². The van der Waals surface area contributed by atoms with Crippen molar-refractivity contribution in [1.29, 1.82) is 5.41 Å². The highest BCUT2D eigenvalue weighted by molar-refractivity contribution is 5.86. The van der Waals surface area contributed by atoms with Gasteiger partial charge in [-0.1, -0.05) is 6.58 Å². The molecule has 0 aliphatic rings. The molecule has 8 heteroatoms. The molecule has 0 unspecified atom stereocenters. The van der Waals surface area contributed by atoms with Gasteiger partial charge in [0.1, 0.15) is 6.04 Å². The maximum Gasteiger partial charge on any atom is 0.322 e. The van der Waals surface area contributed by atoms with Gasteiger partial charge in [0.25, 0.3) is 5.91 Å². The Kier molecular flexibility index (Phi) is 7.11. The van der Waals surface area contributed by atoms with Gasteiger partial charge in [-0.2, -0.15) is 0 Å². The van der Waals surface area contributed by atoms with E-state index in [-0.39, 0.29) is 12.4 Å². The van der Waals surface area contributed by atoms with E-state index in [4.69, 9.17) is 16.2 Å². The summed E-state index contributed by atoms with van der Waals surface area (Å²) in [4.78, 5) is 21.6. The molecule has 0 saturated heterocycles. The molecule has 1 amide bonds. The summed E-state index contributed by atoms with van der Waals surface area (Å²) in [6, 6.07) is -0.896. The van der Waals surface area contributed by atoms with Crippen molar-refractivity contribution in [3.63, 3.8) is 0 Å². The van der Waals surface area contributed by atoms with Gasteiger partial charge in [0, 0.05) is 6.54 Å². The van der Waals surface area contributed by atoms with Gasteiger partial charge in [0.2, 0.25) is 0 Å². The van der Waals surface area contributed by atoms with Crippen LogP contribution in [0.15, 0.2) is 12.7 Å². The first-order valence-electron chi connectivity index (χ1n) is 4.96. The Labute approximate surface area is 98.7 Å². The van der Waals surface area contributed by atoms with E-state index >= 15 is 0 Å². The largest absolute Gasteiger partial charge is 0.480 e. The molecule has 0 aliphatic carbocycles. The molecule has 1 atom stereocenters. The molecular formula is C9H17N5O3. The second-order valence-electron chi connectivity index (χ2n) is 3.21. The lowest BCUT2D eigenvalue weighted by atomic mass is 10.1. The van der Waals surface area contributed by atoms with Gasteiger partial charge in [-0.3, -0.25) is 20.4 Å². The fourth-order valence-corrected chi connectivity index (χ4v) is 0.996. The lowest BCUT2D eigenvalue weighted by Crippen LogP contribution is -2.47. The van der Waals surface area contributed by atoms with Crippen LogP contribution in [0, 0.1) is 5.41 Å². The van der Waals surface area contributed by atoms with E-state index in [9.17, 15) is 9.59 Å². The predicted octanol–water partition coefficient (Wildman–Crippen LogP) is -1.49. The molecule has 96 valence electrons. The quantitative estimate of drug-likeness (QED) is 0.101. The van der Waals surface area contributed by atoms with Gasteiger partial charge < -0.3 is 16.2 Å². The summed E-state index contributed by atoms with van der Waals surface area (Å²) in [6.07, 6.45) is 1.81. The predicted molar refractivity (Wildman–Crippen MR) is 62.1 cm³/mol. The van der Waals surface area contributed by atoms with Crippen molar-refractivity contribution in [2.45, 2.75) is 18.9 Å². The van der Waals surface area contributed by atoms with E-state index in [0.29, 0.717) is 13.0 Å². The van der Waals surface area contributed by atoms with E-state index in [1.807, 2.05) is 0 Å². The van der Waals surface area contributed by atoms with Crippen molar-refractivity contribution in [3.8, 4) is 0 Å². The number of hydrogen-bond donors (Lipinski definition) is 6. The topological polar surface area (TPSA) is 140 Å². The van der Waals surface area contributed by atoms with Crippen molar-refractivity contribution in [1.82, 2.24) is 16.2 Å². The molecule has 0 radical (unpaired) electrons. The number of carbonyl (C=O) groups excluding carboxylic acids is 1. The maximum atomic E-state index is 10.8. The van der Waals surface area contributed by atoms with Crippen LogP contribution in [-0.4, -0.2) is 35.5 Å². The molecule has 0 heterocycles. The Morgan fingerprint density at radius 2 is 2.18 bits per heavy atom. The molecule has 0 aromatic rings. The van der Waals surface area contributed by atoms with Gasteiger partial charge in [0.05, 0.1) is 0 Å². The van der Waals surface area contributed by atoms with Crippen LogP contribution in [0.4, 0.5) is 0 Å². The van der Waals surface area contributed by atoms with Crippen molar-refractivity contribution in [2.24, 2.45) is 5.73 Å². The van der Waals surface area contributed by atoms with E-state index in [1.165, 1.54) is 0 Å². The molecule has 0 aromatic heterocycles. The summed E-state index contributed by atoms with van der Waals surface area (Å²) < 4.78 is 0. The second kappa shape index (κ2) is 8.11. The Morgan fingerprint density at radius 3 is 2.65 bits per heavy atom. The standard InChI is InChI=1S/C9H17N5O3/c1-2-7(15)14-13-6(8(16)17)4-3-5-12-9(10)11/h2,6,13H,1,3-5H2,(H,14,15)(H,16,17)(H4,10,11,12)/t6-/m0/s1. The van der Waals surface area contributed by atoms with Crippen molar-refractivity contribution < 1.29 is 14.7 Å². The van der Waals surface area contributed by atoms with E-state index in [0.717, 1.165) is 6.08 Å². The summed E-state index contributed by atoms with van der Waals surface area (Å²) in [7, 11) is 0. The number of aliphatic carboxylic acids is 1. The Hall–Kier alpha value is -2.09. The summed E-state index contributed by atoms with van der Waals surface area (Å²) in [5.41, 5.74) is 9.62. The summed E-state index contributed by atoms with van der Waals surface area (Å²) in [5, 5.41) is 18.3. The van der Waals surface area contributed by atoms with Crippen molar-refractivity contribution in [3.05, 3.63) is 12.7 Å². The lowest BCUT2D eigenvalue weighted by molar-refractivity contribution is -0.140. The molecular weight excluding hydrogens is 226 g/mol. The minimum Gasteiger partial charge on any atom is -0.480 e. The van der Waals surface area contributed by atoms with Crippen LogP contribution in [-0.2, 0) is 9.59 Å². The Bertz CT molecular complexity index is 305. The SMILES string of the molecule is C=CC(=O)NN[C@@H](CCCNC(=N)N)C(=O)O. The first-order chi connectivity index (χ1) is 7.97. The van der Waals surface area contributed by atoms with Gasteiger partial charge in [-0.25, -0.2) is 5.43 Å². The van der Waals surface area contributed by atoms with Crippen molar-refractivity contribution in [2.75, 3.05) is 6.54 Å². The summed E-state index contributed by atoms with van der Waals surface area (Å²) in [6.45, 7) is 3.63. The highest BCUT2D eigenvalue weighted by Crippen LogP contribution is 1.95. The molecule has 0 spiro atoms. The fourth-order valence-electron chi connectivity index (χ4n) is 0.996. The molecule has 0 aromatic carbocycles. The van der Waals surface area contributed by atoms with Crippen molar-refractivity contribution >= 4 is 17.8 Å². The number of carboxylic acid groups (broad SMARTS) is 1. The number of nitrogens with two attached hydrogens (primary N) is 1. The minimum absolute atomic E-state index is 0.162. The third-order valence-corrected chi connectivity index (χ3v) is 1.84. The maximum absolute atomic E-state index is 10.8. The molecule has 17 heavy (non-hydrogen) atoms. The molecule has 8 nitrogen and oxygen atoms in total. The van der Waals surface area contributed by atoms with Crippen LogP contribution < -0.4 is 21.9 Å². The molecule has 0 aliphatic heterocycles. The first-order valence-corrected chi connectivity index (χ1v) is 4.96. The molecule has 0 saturated carbocycles. The number of amides is 1. The van der Waals surface area contributed by atoms with E-state index < -0.39 is 17.9 Å². The highest BCUT2D eigenvalue weighted by atomic mass is 16.4. The zero-order chi connectivity index (χ0) is 13.3. The van der Waals surface area contributed by atoms with Gasteiger partial charge >= 0.3 is 5.97 Å². The minimum atomic E-state index is -1.07. The molecule has 0 rings (SSSR count). The average Bonchev–Trinajstić information content (AvgIpc) is 2.26. The normalized spacial score (nSPS) is 11.3. The van der Waals surface area contributed by atoms with Gasteiger partial charge in [-0.05, 0) is 18.9 Å². The monoisotopic (exact) mass is 243 g/mol. The molecule has 0 fully saturated rings. The summed E-state index contributed by atoms with van der Waals surface area (Å²) in [5.74, 6) is -1.74. The fraction of sp³-hybridized carbons (Fsp3) is 0.444. The third kappa shape index (κ3) is 7.79. The summed E-state index contributed by atoms with van der Waals surface area (Å²) >= 11 is 0. The van der Waals surface area contributed by atoms with Crippen LogP contribution in [0.3, 0.4) is 0 Å². The van der Waals surface area contributed by atoms with Gasteiger partial charge in [0.15, 0.2) is 5.96 Å². The Balaban J connectivity index is 3.90. The van der Waals surface area contributed by atoms with E-state index in [1.54, 1.807) is 0 Å². The first kappa shape index (κ1) is 14.9. The van der Waals surface area contributed by atoms with Crippen LogP contribution in [0.25, 0.3) is 0 Å². The number of hydrogen-bond acceptors (Lipinski definition) is 4. The highest BCUT2D eigenvalue weighted by Gasteiger charge is 2.16. The molecule has 7 N–H and O–H groups in total. The molecule has 0 bridgehead atoms. The van der Waals surface area contributed by atoms with Gasteiger partial charge in [-0.15, -0.1) is 0 Å². The zero-order valence-electron chi connectivity index (χ0n) is 9.32. The lowest BCUT2D eigenvalue weighted by Gasteiger charge is -2.14. The van der Waals surface area contributed by atoms with Crippen LogP contribution in [0.5, 0.6) is 0 Å². The number of rotatable bonds is 8.